The Morgan fingerprint density at radius 1 is 1.56 bits per heavy atom. The molecule has 0 fully saturated rings. The number of ether oxygens (including phenoxy) is 1. The summed E-state index contributed by atoms with van der Waals surface area (Å²) < 4.78 is 10.2. The molecule has 1 aromatic carbocycles. The first-order valence-corrected chi connectivity index (χ1v) is 5.85. The van der Waals surface area contributed by atoms with E-state index in [-0.39, 0.29) is 18.1 Å². The molecule has 0 unspecified atom stereocenters. The van der Waals surface area contributed by atoms with Gasteiger partial charge in [0, 0.05) is 0 Å². The van der Waals surface area contributed by atoms with Gasteiger partial charge in [-0.3, -0.25) is 4.79 Å². The van der Waals surface area contributed by atoms with E-state index in [1.807, 2.05) is 0 Å². The fourth-order valence-corrected chi connectivity index (χ4v) is 2.27. The van der Waals surface area contributed by atoms with Crippen molar-refractivity contribution in [3.05, 3.63) is 23.3 Å². The van der Waals surface area contributed by atoms with Crippen molar-refractivity contribution >= 4 is 18.6 Å². The first-order chi connectivity index (χ1) is 8.52. The van der Waals surface area contributed by atoms with E-state index in [0.717, 1.165) is 11.1 Å². The van der Waals surface area contributed by atoms with Crippen molar-refractivity contribution in [1.29, 1.82) is 0 Å². The van der Waals surface area contributed by atoms with Crippen molar-refractivity contribution in [1.82, 2.24) is 0 Å². The summed E-state index contributed by atoms with van der Waals surface area (Å²) >= 11 is 0. The summed E-state index contributed by atoms with van der Waals surface area (Å²) in [5, 5.41) is 19.2. The van der Waals surface area contributed by atoms with Crippen LogP contribution >= 0.6 is 0 Å². The molecule has 1 aromatic rings. The van der Waals surface area contributed by atoms with Crippen LogP contribution in [0, 0.1) is 6.92 Å². The first-order valence-electron chi connectivity index (χ1n) is 5.85. The highest BCUT2D eigenvalue weighted by Gasteiger charge is 2.37. The predicted octanol–water partition coefficient (Wildman–Crippen LogP) is 0.413. The lowest BCUT2D eigenvalue weighted by molar-refractivity contribution is -0.145. The molecule has 5 nitrogen and oxygen atoms in total. The first kappa shape index (κ1) is 12.9. The van der Waals surface area contributed by atoms with Crippen LogP contribution in [0.4, 0.5) is 0 Å². The average molecular weight is 250 g/mol. The number of esters is 1. The maximum atomic E-state index is 11.5. The van der Waals surface area contributed by atoms with Crippen molar-refractivity contribution in [2.24, 2.45) is 0 Å². The topological polar surface area (TPSA) is 76.0 Å². The normalized spacial score (nSPS) is 17.7. The number of fused-ring (bicyclic) bond motifs is 1. The number of aromatic hydroxyl groups is 1. The minimum Gasteiger partial charge on any atom is -0.508 e. The van der Waals surface area contributed by atoms with Gasteiger partial charge in [-0.25, -0.2) is 0 Å². The Kier molecular flexibility index (Phi) is 3.59. The van der Waals surface area contributed by atoms with E-state index >= 15 is 0 Å². The van der Waals surface area contributed by atoms with Crippen molar-refractivity contribution in [2.45, 2.75) is 26.4 Å². The van der Waals surface area contributed by atoms with Crippen molar-refractivity contribution in [3.63, 3.8) is 0 Å². The highest BCUT2D eigenvalue weighted by Crippen LogP contribution is 2.31. The fourth-order valence-electron chi connectivity index (χ4n) is 2.27. The second-order valence-corrected chi connectivity index (χ2v) is 4.25. The molecule has 0 saturated carbocycles. The third-order valence-corrected chi connectivity index (χ3v) is 2.94. The summed E-state index contributed by atoms with van der Waals surface area (Å²) in [6.07, 6.45) is -0.460. The summed E-state index contributed by atoms with van der Waals surface area (Å²) in [6, 6.07) is 3.04. The van der Waals surface area contributed by atoms with Gasteiger partial charge in [-0.2, -0.15) is 0 Å². The quantitative estimate of drug-likeness (QED) is 0.600. The Morgan fingerprint density at radius 3 is 2.94 bits per heavy atom. The summed E-state index contributed by atoms with van der Waals surface area (Å²) in [5.41, 5.74) is 2.06. The van der Waals surface area contributed by atoms with Gasteiger partial charge in [-0.15, -0.1) is 0 Å². The molecule has 0 radical (unpaired) electrons. The van der Waals surface area contributed by atoms with Gasteiger partial charge < -0.3 is 19.5 Å². The summed E-state index contributed by atoms with van der Waals surface area (Å²) in [5.74, 6) is -0.291. The van der Waals surface area contributed by atoms with E-state index in [1.165, 1.54) is 6.07 Å². The molecule has 0 bridgehead atoms. The number of phenolic OH excluding ortho intramolecular Hbond substituents is 1. The second kappa shape index (κ2) is 5.00. The van der Waals surface area contributed by atoms with Crippen LogP contribution in [-0.2, 0) is 14.2 Å². The van der Waals surface area contributed by atoms with E-state index in [9.17, 15) is 14.9 Å². The fraction of sp³-hybridized carbons (Fsp3) is 0.417. The molecular weight excluding hydrogens is 235 g/mol. The van der Waals surface area contributed by atoms with Crippen LogP contribution in [-0.4, -0.2) is 29.8 Å². The van der Waals surface area contributed by atoms with E-state index in [1.54, 1.807) is 19.9 Å². The number of rotatable bonds is 3. The van der Waals surface area contributed by atoms with Gasteiger partial charge in [-0.1, -0.05) is 0 Å². The zero-order valence-electron chi connectivity index (χ0n) is 10.3. The van der Waals surface area contributed by atoms with Gasteiger partial charge >= 0.3 is 13.1 Å². The maximum absolute atomic E-state index is 11.5. The van der Waals surface area contributed by atoms with Crippen LogP contribution in [0.5, 0.6) is 5.75 Å². The zero-order valence-corrected chi connectivity index (χ0v) is 10.3. The van der Waals surface area contributed by atoms with Crippen LogP contribution in [0.2, 0.25) is 0 Å². The summed E-state index contributed by atoms with van der Waals surface area (Å²) in [6.45, 7) is 3.85. The van der Waals surface area contributed by atoms with E-state index in [4.69, 9.17) is 9.39 Å². The number of carbonyl (C=O) groups is 1. The molecule has 0 aromatic heterocycles. The Balaban J connectivity index is 2.27. The smallest absolute Gasteiger partial charge is 0.492 e. The Hall–Kier alpha value is -1.53. The van der Waals surface area contributed by atoms with Gasteiger partial charge in [-0.05, 0) is 42.6 Å². The van der Waals surface area contributed by atoms with E-state index in [0.29, 0.717) is 12.1 Å². The van der Waals surface area contributed by atoms with Crippen LogP contribution < -0.4 is 5.46 Å². The lowest BCUT2D eigenvalue weighted by atomic mass is 9.77. The van der Waals surface area contributed by atoms with Gasteiger partial charge in [0.1, 0.15) is 5.75 Å². The highest BCUT2D eigenvalue weighted by atomic mass is 16.5. The number of benzene rings is 1. The lowest BCUT2D eigenvalue weighted by Crippen LogP contribution is -2.28. The maximum Gasteiger partial charge on any atom is 0.492 e. The molecule has 0 amide bonds. The lowest BCUT2D eigenvalue weighted by Gasteiger charge is -2.13. The van der Waals surface area contributed by atoms with Gasteiger partial charge in [0.05, 0.1) is 19.1 Å². The molecule has 6 heteroatoms. The van der Waals surface area contributed by atoms with Crippen molar-refractivity contribution < 1.29 is 24.3 Å². The number of aryl methyl sites for hydroxylation is 1. The molecule has 18 heavy (non-hydrogen) atoms. The SMILES string of the molecule is CCOC(=O)C[C@@H]1OB(O)c2cc(O)cc(C)c21. The second-order valence-electron chi connectivity index (χ2n) is 4.25. The largest absolute Gasteiger partial charge is 0.508 e. The molecule has 1 aliphatic heterocycles. The van der Waals surface area contributed by atoms with Gasteiger partial charge in [0.15, 0.2) is 0 Å². The van der Waals surface area contributed by atoms with Crippen LogP contribution in [0.3, 0.4) is 0 Å². The Morgan fingerprint density at radius 2 is 2.28 bits per heavy atom. The van der Waals surface area contributed by atoms with Crippen LogP contribution in [0.15, 0.2) is 12.1 Å². The predicted molar refractivity (Wildman–Crippen MR) is 65.5 cm³/mol. The Bertz CT molecular complexity index is 474. The van der Waals surface area contributed by atoms with E-state index in [2.05, 4.69) is 0 Å². The molecule has 1 heterocycles. The molecule has 96 valence electrons. The standard InChI is InChI=1S/C12H15BO5/c1-3-17-11(15)6-10-12-7(2)4-8(14)5-9(12)13(16)18-10/h4-5,10,14,16H,3,6H2,1-2H3/t10-/m0/s1. The Labute approximate surface area is 105 Å². The van der Waals surface area contributed by atoms with Gasteiger partial charge in [0.25, 0.3) is 0 Å². The molecule has 2 N–H and O–H groups in total. The van der Waals surface area contributed by atoms with Crippen LogP contribution in [0.25, 0.3) is 0 Å². The molecule has 0 saturated heterocycles. The monoisotopic (exact) mass is 250 g/mol. The number of hydrogen-bond acceptors (Lipinski definition) is 5. The zero-order chi connectivity index (χ0) is 13.3. The van der Waals surface area contributed by atoms with Crippen LogP contribution in [0.1, 0.15) is 30.6 Å². The molecule has 0 aliphatic carbocycles. The minimum atomic E-state index is -1.11. The highest BCUT2D eigenvalue weighted by molar-refractivity contribution is 6.62. The summed E-state index contributed by atoms with van der Waals surface area (Å²) in [7, 11) is -1.11. The molecule has 2 rings (SSSR count). The third-order valence-electron chi connectivity index (χ3n) is 2.94. The number of hydrogen-bond donors (Lipinski definition) is 2. The third kappa shape index (κ3) is 2.35. The summed E-state index contributed by atoms with van der Waals surface area (Å²) in [4.78, 5) is 11.5. The molecule has 0 spiro atoms. The van der Waals surface area contributed by atoms with Crippen molar-refractivity contribution in [2.75, 3.05) is 6.61 Å². The van der Waals surface area contributed by atoms with Crippen molar-refractivity contribution in [3.8, 4) is 5.75 Å². The number of phenols is 1. The average Bonchev–Trinajstić information content (AvgIpc) is 2.55. The van der Waals surface area contributed by atoms with E-state index < -0.39 is 13.2 Å². The molecule has 1 aliphatic rings. The number of carbonyl (C=O) groups excluding carboxylic acids is 1. The van der Waals surface area contributed by atoms with Gasteiger partial charge in [0.2, 0.25) is 0 Å². The molecule has 1 atom stereocenters. The minimum absolute atomic E-state index is 0.0590. The molecular formula is C12H15BO5.